The number of amides is 3. The largest absolute Gasteiger partial charge is 0.455 e. The summed E-state index contributed by atoms with van der Waals surface area (Å²) in [6, 6.07) is 5.40. The average molecular weight is 443 g/mol. The van der Waals surface area contributed by atoms with Crippen molar-refractivity contribution in [3.05, 3.63) is 35.6 Å². The number of hydrogen-bond acceptors (Lipinski definition) is 4. The molecule has 0 spiro atoms. The summed E-state index contributed by atoms with van der Waals surface area (Å²) < 4.78 is 18.7. The molecule has 4 bridgehead atoms. The fourth-order valence-electron chi connectivity index (χ4n) is 7.33. The van der Waals surface area contributed by atoms with Gasteiger partial charge in [0.25, 0.3) is 5.91 Å². The first-order valence-electron chi connectivity index (χ1n) is 11.9. The molecule has 2 N–H and O–H groups in total. The fourth-order valence-corrected chi connectivity index (χ4v) is 7.33. The lowest BCUT2D eigenvalue weighted by Gasteiger charge is -2.56. The average Bonchev–Trinajstić information content (AvgIpc) is 3.22. The lowest BCUT2D eigenvalue weighted by atomic mass is 9.53. The summed E-state index contributed by atoms with van der Waals surface area (Å²) in [5.41, 5.74) is -0.330. The van der Waals surface area contributed by atoms with Gasteiger partial charge in [-0.2, -0.15) is 0 Å². The highest BCUT2D eigenvalue weighted by Gasteiger charge is 2.51. The highest BCUT2D eigenvalue weighted by Crippen LogP contribution is 2.55. The topological polar surface area (TPSA) is 84.5 Å². The van der Waals surface area contributed by atoms with Crippen molar-refractivity contribution in [1.29, 1.82) is 0 Å². The van der Waals surface area contributed by atoms with Gasteiger partial charge in [-0.05, 0) is 86.8 Å². The Morgan fingerprint density at radius 2 is 1.50 bits per heavy atom. The predicted molar refractivity (Wildman–Crippen MR) is 115 cm³/mol. The van der Waals surface area contributed by atoms with Crippen LogP contribution in [0.4, 0.5) is 9.18 Å². The first-order valence-corrected chi connectivity index (χ1v) is 11.9. The van der Waals surface area contributed by atoms with Crippen LogP contribution in [0.1, 0.15) is 69.8 Å². The Morgan fingerprint density at radius 1 is 0.938 bits per heavy atom. The second-order valence-electron chi connectivity index (χ2n) is 10.6. The van der Waals surface area contributed by atoms with Gasteiger partial charge in [-0.25, -0.2) is 9.18 Å². The van der Waals surface area contributed by atoms with E-state index in [1.54, 1.807) is 12.1 Å². The summed E-state index contributed by atoms with van der Waals surface area (Å²) in [5, 5.41) is 5.43. The van der Waals surface area contributed by atoms with Gasteiger partial charge in [0.2, 0.25) is 0 Å². The minimum absolute atomic E-state index is 0.188. The third-order valence-corrected chi connectivity index (χ3v) is 8.25. The van der Waals surface area contributed by atoms with Crippen molar-refractivity contribution in [2.75, 3.05) is 6.61 Å². The van der Waals surface area contributed by atoms with Crippen molar-refractivity contribution in [1.82, 2.24) is 10.6 Å². The number of benzene rings is 1. The van der Waals surface area contributed by atoms with E-state index in [2.05, 4.69) is 10.6 Å². The molecule has 0 aliphatic heterocycles. The maximum Gasteiger partial charge on any atom is 0.321 e. The van der Waals surface area contributed by atoms with Gasteiger partial charge in [0.15, 0.2) is 6.61 Å². The number of nitrogens with one attached hydrogen (secondary N) is 2. The number of ether oxygens (including phenoxy) is 1. The highest BCUT2D eigenvalue weighted by atomic mass is 19.1. The van der Waals surface area contributed by atoms with Gasteiger partial charge in [-0.3, -0.25) is 14.9 Å². The lowest BCUT2D eigenvalue weighted by molar-refractivity contribution is -0.154. The second-order valence-corrected chi connectivity index (χ2v) is 10.6. The standard InChI is InChI=1S/C25H31FN2O4/c26-20-5-3-19(4-6-20)25(7-1-2-8-25)22(30)32-15-21(29)27-23(31)28-24-12-16-9-17(13-24)11-18(10-16)14-24/h3-6,16-18H,1-2,7-15H2,(H2,27,28,29,31). The van der Waals surface area contributed by atoms with Gasteiger partial charge < -0.3 is 10.1 Å². The lowest BCUT2D eigenvalue weighted by Crippen LogP contribution is -2.62. The van der Waals surface area contributed by atoms with Crippen molar-refractivity contribution in [2.24, 2.45) is 17.8 Å². The molecular weight excluding hydrogens is 411 g/mol. The molecule has 32 heavy (non-hydrogen) atoms. The maximum atomic E-state index is 13.3. The van der Waals surface area contributed by atoms with Gasteiger partial charge in [0.1, 0.15) is 5.82 Å². The first-order chi connectivity index (χ1) is 15.4. The number of rotatable bonds is 5. The smallest absolute Gasteiger partial charge is 0.321 e. The Bertz CT molecular complexity index is 872. The summed E-state index contributed by atoms with van der Waals surface area (Å²) in [6.07, 6.45) is 9.74. The molecule has 7 heteroatoms. The number of halogens is 1. The zero-order valence-electron chi connectivity index (χ0n) is 18.3. The highest BCUT2D eigenvalue weighted by molar-refractivity contribution is 5.96. The predicted octanol–water partition coefficient (Wildman–Crippen LogP) is 3.98. The Kier molecular flexibility index (Phi) is 5.46. The summed E-state index contributed by atoms with van der Waals surface area (Å²) in [4.78, 5) is 37.8. The summed E-state index contributed by atoms with van der Waals surface area (Å²) in [7, 11) is 0. The molecule has 5 aliphatic rings. The number of imide groups is 1. The first kappa shape index (κ1) is 21.4. The van der Waals surface area contributed by atoms with Crippen LogP contribution in [0.3, 0.4) is 0 Å². The fraction of sp³-hybridized carbons (Fsp3) is 0.640. The van der Waals surface area contributed by atoms with Crippen molar-refractivity contribution in [3.8, 4) is 0 Å². The Morgan fingerprint density at radius 3 is 2.06 bits per heavy atom. The van der Waals surface area contributed by atoms with Gasteiger partial charge in [0.05, 0.1) is 5.41 Å². The molecule has 5 aliphatic carbocycles. The van der Waals surface area contributed by atoms with Crippen molar-refractivity contribution in [2.45, 2.75) is 75.2 Å². The van der Waals surface area contributed by atoms with Crippen LogP contribution in [0.5, 0.6) is 0 Å². The van der Waals surface area contributed by atoms with E-state index in [0.717, 1.165) is 32.1 Å². The van der Waals surface area contributed by atoms with E-state index in [9.17, 15) is 18.8 Å². The molecule has 3 amide bonds. The van der Waals surface area contributed by atoms with E-state index in [0.29, 0.717) is 36.2 Å². The Hall–Kier alpha value is -2.44. The van der Waals surface area contributed by atoms with Crippen LogP contribution < -0.4 is 10.6 Å². The van der Waals surface area contributed by atoms with Crippen molar-refractivity contribution < 1.29 is 23.5 Å². The van der Waals surface area contributed by atoms with Gasteiger partial charge >= 0.3 is 12.0 Å². The second kappa shape index (κ2) is 8.16. The molecule has 5 fully saturated rings. The number of carbonyl (C=O) groups excluding carboxylic acids is 3. The normalized spacial score (nSPS) is 31.8. The number of hydrogen-bond donors (Lipinski definition) is 2. The summed E-state index contributed by atoms with van der Waals surface area (Å²) in [6.45, 7) is -0.504. The molecule has 1 aromatic rings. The van der Waals surface area contributed by atoms with Gasteiger partial charge in [-0.1, -0.05) is 25.0 Å². The van der Waals surface area contributed by atoms with Crippen LogP contribution in [0.15, 0.2) is 24.3 Å². The molecular formula is C25H31FN2O4. The zero-order chi connectivity index (χ0) is 22.3. The third kappa shape index (κ3) is 4.02. The molecule has 5 saturated carbocycles. The minimum atomic E-state index is -0.852. The van der Waals surface area contributed by atoms with E-state index in [4.69, 9.17) is 4.74 Å². The molecule has 172 valence electrons. The van der Waals surface area contributed by atoms with Crippen LogP contribution in [-0.2, 0) is 19.7 Å². The Labute approximate surface area is 187 Å². The molecule has 0 unspecified atom stereocenters. The van der Waals surface area contributed by atoms with E-state index in [1.807, 2.05) is 0 Å². The number of urea groups is 1. The molecule has 0 aromatic heterocycles. The third-order valence-electron chi connectivity index (χ3n) is 8.25. The maximum absolute atomic E-state index is 13.3. The molecule has 6 nitrogen and oxygen atoms in total. The molecule has 0 saturated heterocycles. The molecule has 1 aromatic carbocycles. The van der Waals surface area contributed by atoms with E-state index in [-0.39, 0.29) is 11.4 Å². The van der Waals surface area contributed by atoms with E-state index >= 15 is 0 Å². The van der Waals surface area contributed by atoms with Crippen molar-refractivity contribution >= 4 is 17.9 Å². The number of carbonyl (C=O) groups is 3. The summed E-state index contributed by atoms with van der Waals surface area (Å²) >= 11 is 0. The number of esters is 1. The van der Waals surface area contributed by atoms with Gasteiger partial charge in [-0.15, -0.1) is 0 Å². The monoisotopic (exact) mass is 442 g/mol. The SMILES string of the molecule is O=C(COC(=O)C1(c2ccc(F)cc2)CCCC1)NC(=O)NC12CC3CC(CC(C3)C1)C2. The van der Waals surface area contributed by atoms with Crippen molar-refractivity contribution in [3.63, 3.8) is 0 Å². The quantitative estimate of drug-likeness (QED) is 0.676. The van der Waals surface area contributed by atoms with Crippen LogP contribution in [0.25, 0.3) is 0 Å². The molecule has 0 radical (unpaired) electrons. The molecule has 0 heterocycles. The van der Waals surface area contributed by atoms with Crippen LogP contribution in [0, 0.1) is 23.6 Å². The van der Waals surface area contributed by atoms with Crippen LogP contribution in [0.2, 0.25) is 0 Å². The van der Waals surface area contributed by atoms with Gasteiger partial charge in [0, 0.05) is 5.54 Å². The zero-order valence-corrected chi connectivity index (χ0v) is 18.3. The van der Waals surface area contributed by atoms with Crippen LogP contribution >= 0.6 is 0 Å². The molecule has 0 atom stereocenters. The van der Waals surface area contributed by atoms with E-state index < -0.39 is 29.9 Å². The van der Waals surface area contributed by atoms with Crippen LogP contribution in [-0.4, -0.2) is 30.1 Å². The Balaban J connectivity index is 1.15. The summed E-state index contributed by atoms with van der Waals surface area (Å²) in [5.74, 6) is 0.581. The van der Waals surface area contributed by atoms with E-state index in [1.165, 1.54) is 31.4 Å². The molecule has 6 rings (SSSR count). The minimum Gasteiger partial charge on any atom is -0.455 e.